The molecule has 0 aliphatic heterocycles. The van der Waals surface area contributed by atoms with E-state index in [2.05, 4.69) is 0 Å². The number of aryl methyl sites for hydroxylation is 1. The molecule has 2 aromatic rings. The Hall–Kier alpha value is -1.56. The van der Waals surface area contributed by atoms with E-state index in [1.807, 2.05) is 0 Å². The summed E-state index contributed by atoms with van der Waals surface area (Å²) in [6.07, 6.45) is -4.37. The Morgan fingerprint density at radius 1 is 1.28 bits per heavy atom. The Morgan fingerprint density at radius 2 is 1.94 bits per heavy atom. The van der Waals surface area contributed by atoms with Crippen LogP contribution in [0.25, 0.3) is 10.9 Å². The molecule has 0 atom stereocenters. The highest BCUT2D eigenvalue weighted by Gasteiger charge is 2.37. The van der Waals surface area contributed by atoms with Crippen molar-refractivity contribution in [3.8, 4) is 0 Å². The molecule has 0 bridgehead atoms. The second-order valence-corrected chi connectivity index (χ2v) is 4.08. The topological polar surface area (TPSA) is 30.9 Å². The smallest absolute Gasteiger partial charge is 0.340 e. The van der Waals surface area contributed by atoms with E-state index < -0.39 is 17.7 Å². The van der Waals surface area contributed by atoms with Crippen LogP contribution in [0.1, 0.15) is 11.3 Å². The van der Waals surface area contributed by atoms with Crippen molar-refractivity contribution in [3.05, 3.63) is 35.3 Å². The summed E-state index contributed by atoms with van der Waals surface area (Å²) >= 11 is 0. The van der Waals surface area contributed by atoms with E-state index >= 15 is 0 Å². The average Bonchev–Trinajstić information content (AvgIpc) is 2.52. The number of aromatic nitrogens is 1. The van der Waals surface area contributed by atoms with Gasteiger partial charge in [-0.3, -0.25) is 0 Å². The van der Waals surface area contributed by atoms with Crippen molar-refractivity contribution in [2.45, 2.75) is 12.6 Å². The second kappa shape index (κ2) is 4.28. The lowest BCUT2D eigenvalue weighted by Gasteiger charge is -2.10. The summed E-state index contributed by atoms with van der Waals surface area (Å²) < 4.78 is 53.1. The molecule has 0 unspecified atom stereocenters. The number of benzene rings is 1. The van der Waals surface area contributed by atoms with Gasteiger partial charge < -0.3 is 10.3 Å². The third-order valence-electron chi connectivity index (χ3n) is 2.93. The number of alkyl halides is 3. The zero-order valence-electron chi connectivity index (χ0n) is 9.68. The molecular formula is C12H12F4N2. The van der Waals surface area contributed by atoms with Gasteiger partial charge in [-0.2, -0.15) is 13.2 Å². The lowest BCUT2D eigenvalue weighted by molar-refractivity contribution is -0.143. The predicted octanol–water partition coefficient (Wildman–Crippen LogP) is 2.84. The van der Waals surface area contributed by atoms with E-state index in [-0.39, 0.29) is 24.0 Å². The van der Waals surface area contributed by atoms with Gasteiger partial charge in [-0.15, -0.1) is 0 Å². The number of fused-ring (bicyclic) bond motifs is 1. The van der Waals surface area contributed by atoms with Gasteiger partial charge in [0.25, 0.3) is 0 Å². The first-order valence-electron chi connectivity index (χ1n) is 5.40. The van der Waals surface area contributed by atoms with Crippen LogP contribution in [0.2, 0.25) is 0 Å². The zero-order valence-corrected chi connectivity index (χ0v) is 9.68. The molecule has 2 nitrogen and oxygen atoms in total. The number of rotatable bonds is 2. The molecule has 0 spiro atoms. The van der Waals surface area contributed by atoms with E-state index in [0.717, 1.165) is 16.7 Å². The summed E-state index contributed by atoms with van der Waals surface area (Å²) in [7, 11) is 1.28. The van der Waals surface area contributed by atoms with Gasteiger partial charge in [0.1, 0.15) is 11.5 Å². The van der Waals surface area contributed by atoms with Crippen LogP contribution in [0.15, 0.2) is 18.2 Å². The molecule has 0 aliphatic carbocycles. The predicted molar refractivity (Wildman–Crippen MR) is 60.6 cm³/mol. The molecule has 0 radical (unpaired) electrons. The third-order valence-corrected chi connectivity index (χ3v) is 2.93. The minimum absolute atomic E-state index is 0.109. The normalized spacial score (nSPS) is 12.3. The molecule has 1 heterocycles. The molecule has 0 saturated carbocycles. The van der Waals surface area contributed by atoms with Crippen molar-refractivity contribution < 1.29 is 17.6 Å². The van der Waals surface area contributed by atoms with E-state index in [1.54, 1.807) is 0 Å². The van der Waals surface area contributed by atoms with Gasteiger partial charge in [0, 0.05) is 12.4 Å². The fourth-order valence-electron chi connectivity index (χ4n) is 2.25. The summed E-state index contributed by atoms with van der Waals surface area (Å²) in [5, 5.41) is 0.400. The quantitative estimate of drug-likeness (QED) is 0.827. The highest BCUT2D eigenvalue weighted by Crippen LogP contribution is 2.37. The van der Waals surface area contributed by atoms with Gasteiger partial charge in [0.05, 0.1) is 5.52 Å². The van der Waals surface area contributed by atoms with E-state index in [9.17, 15) is 17.6 Å². The van der Waals surface area contributed by atoms with Crippen LogP contribution in [0.5, 0.6) is 0 Å². The van der Waals surface area contributed by atoms with Crippen LogP contribution in [0.4, 0.5) is 17.6 Å². The van der Waals surface area contributed by atoms with Crippen LogP contribution >= 0.6 is 0 Å². The molecule has 0 amide bonds. The molecule has 2 N–H and O–H groups in total. The first-order chi connectivity index (χ1) is 8.36. The first-order valence-corrected chi connectivity index (χ1v) is 5.40. The average molecular weight is 260 g/mol. The fourth-order valence-corrected chi connectivity index (χ4v) is 2.25. The van der Waals surface area contributed by atoms with Crippen LogP contribution in [0, 0.1) is 5.82 Å². The molecule has 6 heteroatoms. The summed E-state index contributed by atoms with van der Waals surface area (Å²) in [5.41, 5.74) is 4.95. The molecular weight excluding hydrogens is 248 g/mol. The molecule has 0 fully saturated rings. The summed E-state index contributed by atoms with van der Waals surface area (Å²) in [4.78, 5) is 0. The van der Waals surface area contributed by atoms with Gasteiger partial charge in [-0.25, -0.2) is 4.39 Å². The number of halogens is 4. The monoisotopic (exact) mass is 260 g/mol. The van der Waals surface area contributed by atoms with E-state index in [4.69, 9.17) is 5.73 Å². The Bertz CT molecular complexity index is 584. The van der Waals surface area contributed by atoms with Gasteiger partial charge in [-0.05, 0) is 36.7 Å². The maximum absolute atomic E-state index is 13.1. The van der Waals surface area contributed by atoms with Crippen molar-refractivity contribution in [3.63, 3.8) is 0 Å². The SMILES string of the molecule is Cn1c(C(F)(F)F)c(CCN)c2ccc(F)cc21. The highest BCUT2D eigenvalue weighted by molar-refractivity contribution is 5.86. The lowest BCUT2D eigenvalue weighted by Crippen LogP contribution is -2.15. The minimum atomic E-state index is -4.48. The molecule has 1 aromatic carbocycles. The molecule has 1 aromatic heterocycles. The summed E-state index contributed by atoms with van der Waals surface area (Å²) in [6, 6.07) is 3.62. The van der Waals surface area contributed by atoms with E-state index in [0.29, 0.717) is 5.39 Å². The zero-order chi connectivity index (χ0) is 13.5. The Morgan fingerprint density at radius 3 is 2.50 bits per heavy atom. The largest absolute Gasteiger partial charge is 0.431 e. The van der Waals surface area contributed by atoms with Crippen molar-refractivity contribution in [1.82, 2.24) is 4.57 Å². The highest BCUT2D eigenvalue weighted by atomic mass is 19.4. The minimum Gasteiger partial charge on any atom is -0.340 e. The maximum atomic E-state index is 13.1. The van der Waals surface area contributed by atoms with Gasteiger partial charge in [0.15, 0.2) is 0 Å². The van der Waals surface area contributed by atoms with Crippen molar-refractivity contribution >= 4 is 10.9 Å². The number of nitrogens with two attached hydrogens (primary N) is 1. The van der Waals surface area contributed by atoms with Gasteiger partial charge >= 0.3 is 6.18 Å². The molecule has 0 aliphatic rings. The second-order valence-electron chi connectivity index (χ2n) is 4.08. The standard InChI is InChI=1S/C12H12F4N2/c1-18-10-6-7(13)2-3-8(10)9(4-5-17)11(18)12(14,15)16/h2-3,6H,4-5,17H2,1H3. The van der Waals surface area contributed by atoms with Crippen LogP contribution in [0.3, 0.4) is 0 Å². The van der Waals surface area contributed by atoms with Crippen molar-refractivity contribution in [2.75, 3.05) is 6.54 Å². The van der Waals surface area contributed by atoms with Crippen LogP contribution in [-0.2, 0) is 19.6 Å². The molecule has 18 heavy (non-hydrogen) atoms. The summed E-state index contributed by atoms with van der Waals surface area (Å²) in [5.74, 6) is -0.559. The third kappa shape index (κ3) is 1.96. The number of hydrogen-bond donors (Lipinski definition) is 1. The van der Waals surface area contributed by atoms with Crippen molar-refractivity contribution in [2.24, 2.45) is 12.8 Å². The van der Waals surface area contributed by atoms with Crippen molar-refractivity contribution in [1.29, 1.82) is 0 Å². The van der Waals surface area contributed by atoms with Gasteiger partial charge in [-0.1, -0.05) is 0 Å². The first kappa shape index (κ1) is 12.9. The van der Waals surface area contributed by atoms with Crippen LogP contribution < -0.4 is 5.73 Å². The fraction of sp³-hybridized carbons (Fsp3) is 0.333. The Labute approximate surface area is 101 Å². The summed E-state index contributed by atoms with van der Waals surface area (Å²) in [6.45, 7) is 0.111. The lowest BCUT2D eigenvalue weighted by atomic mass is 10.1. The number of nitrogens with zero attached hydrogens (tertiary/aromatic N) is 1. The molecule has 0 saturated heterocycles. The van der Waals surface area contributed by atoms with Crippen LogP contribution in [-0.4, -0.2) is 11.1 Å². The molecule has 2 rings (SSSR count). The maximum Gasteiger partial charge on any atom is 0.431 e. The number of hydrogen-bond acceptors (Lipinski definition) is 1. The molecule has 98 valence electrons. The Balaban J connectivity index is 2.83. The Kier molecular flexibility index (Phi) is 3.06. The van der Waals surface area contributed by atoms with Gasteiger partial charge in [0.2, 0.25) is 0 Å². The van der Waals surface area contributed by atoms with E-state index in [1.165, 1.54) is 13.1 Å².